The molecular weight excluding hydrogens is 242 g/mol. The maximum atomic E-state index is 11.1. The number of rotatable bonds is 4. The molecule has 6 nitrogen and oxygen atoms in total. The van der Waals surface area contributed by atoms with Gasteiger partial charge < -0.3 is 10.6 Å². The van der Waals surface area contributed by atoms with Crippen molar-refractivity contribution in [3.63, 3.8) is 0 Å². The van der Waals surface area contributed by atoms with Crippen molar-refractivity contribution in [1.82, 2.24) is 25.2 Å². The maximum Gasteiger partial charge on any atom is 0.220 e. The molecule has 0 aliphatic carbocycles. The van der Waals surface area contributed by atoms with E-state index in [1.165, 1.54) is 0 Å². The molecule has 3 heterocycles. The van der Waals surface area contributed by atoms with E-state index in [9.17, 15) is 4.79 Å². The number of aromatic nitrogens is 3. The Morgan fingerprint density at radius 2 is 2.47 bits per heavy atom. The molecule has 1 unspecified atom stereocenters. The van der Waals surface area contributed by atoms with Gasteiger partial charge in [0, 0.05) is 49.6 Å². The number of nitrogens with one attached hydrogen (secondary N) is 2. The second-order valence-electron chi connectivity index (χ2n) is 4.98. The number of carbonyl (C=O) groups is 1. The van der Waals surface area contributed by atoms with Crippen molar-refractivity contribution in [2.24, 2.45) is 0 Å². The zero-order valence-electron chi connectivity index (χ0n) is 10.9. The summed E-state index contributed by atoms with van der Waals surface area (Å²) in [5.74, 6) is 0.155. The van der Waals surface area contributed by atoms with E-state index in [0.717, 1.165) is 36.4 Å². The van der Waals surface area contributed by atoms with Crippen LogP contribution in [0, 0.1) is 6.92 Å². The fourth-order valence-electron chi connectivity index (χ4n) is 2.35. The third kappa shape index (κ3) is 2.73. The van der Waals surface area contributed by atoms with Crippen LogP contribution in [0.4, 0.5) is 0 Å². The number of aryl methyl sites for hydroxylation is 1. The summed E-state index contributed by atoms with van der Waals surface area (Å²) in [7, 11) is 0. The summed E-state index contributed by atoms with van der Waals surface area (Å²) in [5.41, 5.74) is 2.91. The lowest BCUT2D eigenvalue weighted by Crippen LogP contribution is -2.35. The highest BCUT2D eigenvalue weighted by Crippen LogP contribution is 2.07. The first kappa shape index (κ1) is 12.1. The van der Waals surface area contributed by atoms with Gasteiger partial charge in [-0.15, -0.1) is 0 Å². The Hall–Kier alpha value is -1.95. The Morgan fingerprint density at radius 1 is 1.58 bits per heavy atom. The molecule has 0 bridgehead atoms. The lowest BCUT2D eigenvalue weighted by Gasteiger charge is -2.11. The number of hydrogen-bond acceptors (Lipinski definition) is 4. The van der Waals surface area contributed by atoms with Crippen LogP contribution in [0.15, 0.2) is 18.5 Å². The average Bonchev–Trinajstić information content (AvgIpc) is 2.94. The van der Waals surface area contributed by atoms with Gasteiger partial charge in [0.15, 0.2) is 5.65 Å². The minimum absolute atomic E-state index is 0.155. The number of carbonyl (C=O) groups excluding carboxylic acids is 1. The summed E-state index contributed by atoms with van der Waals surface area (Å²) in [5, 5.41) is 10.6. The molecule has 0 spiro atoms. The van der Waals surface area contributed by atoms with Gasteiger partial charge in [0.25, 0.3) is 0 Å². The molecule has 1 fully saturated rings. The van der Waals surface area contributed by atoms with Crippen molar-refractivity contribution >= 4 is 11.6 Å². The van der Waals surface area contributed by atoms with E-state index in [2.05, 4.69) is 20.7 Å². The fourth-order valence-corrected chi connectivity index (χ4v) is 2.35. The van der Waals surface area contributed by atoms with E-state index in [4.69, 9.17) is 0 Å². The van der Waals surface area contributed by atoms with Crippen molar-refractivity contribution < 1.29 is 4.79 Å². The van der Waals surface area contributed by atoms with Crippen LogP contribution in [0.5, 0.6) is 0 Å². The van der Waals surface area contributed by atoms with Crippen molar-refractivity contribution in [2.45, 2.75) is 32.4 Å². The van der Waals surface area contributed by atoms with Crippen LogP contribution >= 0.6 is 0 Å². The topological polar surface area (TPSA) is 71.3 Å². The molecule has 0 radical (unpaired) electrons. The summed E-state index contributed by atoms with van der Waals surface area (Å²) in [4.78, 5) is 15.4. The van der Waals surface area contributed by atoms with E-state index < -0.39 is 0 Å². The van der Waals surface area contributed by atoms with Crippen LogP contribution in [0.3, 0.4) is 0 Å². The molecule has 1 atom stereocenters. The van der Waals surface area contributed by atoms with Crippen LogP contribution in [0.25, 0.3) is 5.65 Å². The normalized spacial score (nSPS) is 19.0. The minimum Gasteiger partial charge on any atom is -0.352 e. The minimum atomic E-state index is 0.155. The standard InChI is InChI=1S/C13H17N5O/c1-9-4-12-15-6-10(8-18(12)17-9)5-14-7-11-2-3-13(19)16-11/h4,6,8,11,14H,2-3,5,7H2,1H3,(H,16,19). The third-order valence-corrected chi connectivity index (χ3v) is 3.29. The summed E-state index contributed by atoms with van der Waals surface area (Å²) in [6.07, 6.45) is 5.40. The van der Waals surface area contributed by atoms with Crippen LogP contribution in [0.2, 0.25) is 0 Å². The smallest absolute Gasteiger partial charge is 0.220 e. The Labute approximate surface area is 111 Å². The number of fused-ring (bicyclic) bond motifs is 1. The number of nitrogens with zero attached hydrogens (tertiary/aromatic N) is 3. The molecule has 1 amide bonds. The second-order valence-corrected chi connectivity index (χ2v) is 4.98. The first-order valence-corrected chi connectivity index (χ1v) is 6.52. The summed E-state index contributed by atoms with van der Waals surface area (Å²) in [6.45, 7) is 3.48. The van der Waals surface area contributed by atoms with Gasteiger partial charge in [-0.1, -0.05) is 0 Å². The van der Waals surface area contributed by atoms with Crippen LogP contribution in [0.1, 0.15) is 24.1 Å². The molecule has 6 heteroatoms. The summed E-state index contributed by atoms with van der Waals surface area (Å²) < 4.78 is 1.80. The Morgan fingerprint density at radius 3 is 3.26 bits per heavy atom. The fraction of sp³-hybridized carbons (Fsp3) is 0.462. The van der Waals surface area contributed by atoms with Crippen LogP contribution < -0.4 is 10.6 Å². The van der Waals surface area contributed by atoms with E-state index in [0.29, 0.717) is 6.42 Å². The maximum absolute atomic E-state index is 11.1. The van der Waals surface area contributed by atoms with Crippen molar-refractivity contribution in [1.29, 1.82) is 0 Å². The highest BCUT2D eigenvalue weighted by Gasteiger charge is 2.19. The molecule has 1 aliphatic heterocycles. The molecule has 3 rings (SSSR count). The lowest BCUT2D eigenvalue weighted by molar-refractivity contribution is -0.119. The molecule has 2 aromatic heterocycles. The Kier molecular flexibility index (Phi) is 3.16. The van der Waals surface area contributed by atoms with Crippen LogP contribution in [-0.4, -0.2) is 33.1 Å². The van der Waals surface area contributed by atoms with Gasteiger partial charge in [-0.3, -0.25) is 4.79 Å². The van der Waals surface area contributed by atoms with Crippen molar-refractivity contribution in [2.75, 3.05) is 6.54 Å². The quantitative estimate of drug-likeness (QED) is 0.834. The molecule has 2 N–H and O–H groups in total. The highest BCUT2D eigenvalue weighted by molar-refractivity contribution is 5.78. The molecule has 19 heavy (non-hydrogen) atoms. The monoisotopic (exact) mass is 259 g/mol. The van der Waals surface area contributed by atoms with Gasteiger partial charge in [-0.05, 0) is 13.3 Å². The van der Waals surface area contributed by atoms with E-state index in [1.807, 2.05) is 25.4 Å². The third-order valence-electron chi connectivity index (χ3n) is 3.29. The van der Waals surface area contributed by atoms with Gasteiger partial charge in [0.1, 0.15) is 0 Å². The predicted octanol–water partition coefficient (Wildman–Crippen LogP) is 0.406. The molecule has 2 aromatic rings. The Balaban J connectivity index is 1.57. The number of hydrogen-bond donors (Lipinski definition) is 2. The summed E-state index contributed by atoms with van der Waals surface area (Å²) in [6, 6.07) is 2.21. The zero-order valence-corrected chi connectivity index (χ0v) is 10.9. The largest absolute Gasteiger partial charge is 0.352 e. The van der Waals surface area contributed by atoms with E-state index in [1.54, 1.807) is 4.52 Å². The highest BCUT2D eigenvalue weighted by atomic mass is 16.1. The predicted molar refractivity (Wildman–Crippen MR) is 70.6 cm³/mol. The SMILES string of the molecule is Cc1cc2ncc(CNCC3CCC(=O)N3)cn2n1. The zero-order chi connectivity index (χ0) is 13.2. The molecular formula is C13H17N5O. The van der Waals surface area contributed by atoms with Crippen molar-refractivity contribution in [3.8, 4) is 0 Å². The molecule has 0 aromatic carbocycles. The van der Waals surface area contributed by atoms with Gasteiger partial charge in [0.2, 0.25) is 5.91 Å². The van der Waals surface area contributed by atoms with Gasteiger partial charge in [0.05, 0.1) is 5.69 Å². The second kappa shape index (κ2) is 4.97. The number of amides is 1. The van der Waals surface area contributed by atoms with E-state index >= 15 is 0 Å². The molecule has 1 saturated heterocycles. The first-order valence-electron chi connectivity index (χ1n) is 6.52. The van der Waals surface area contributed by atoms with Gasteiger partial charge in [-0.25, -0.2) is 9.50 Å². The Bertz CT molecular complexity index is 606. The average molecular weight is 259 g/mol. The van der Waals surface area contributed by atoms with E-state index in [-0.39, 0.29) is 11.9 Å². The lowest BCUT2D eigenvalue weighted by atomic mass is 10.2. The first-order chi connectivity index (χ1) is 9.20. The van der Waals surface area contributed by atoms with Gasteiger partial charge >= 0.3 is 0 Å². The van der Waals surface area contributed by atoms with Crippen LogP contribution in [-0.2, 0) is 11.3 Å². The molecule has 1 aliphatic rings. The molecule has 0 saturated carbocycles. The summed E-state index contributed by atoms with van der Waals surface area (Å²) >= 11 is 0. The molecule has 100 valence electrons. The van der Waals surface area contributed by atoms with Crippen molar-refractivity contribution in [3.05, 3.63) is 29.7 Å². The van der Waals surface area contributed by atoms with Gasteiger partial charge in [-0.2, -0.15) is 5.10 Å².